The van der Waals surface area contributed by atoms with Gasteiger partial charge in [0.25, 0.3) is 0 Å². The third-order valence-electron chi connectivity index (χ3n) is 1.99. The summed E-state index contributed by atoms with van der Waals surface area (Å²) in [6.45, 7) is 9.54. The molecule has 0 saturated carbocycles. The molecule has 1 atom stereocenters. The van der Waals surface area contributed by atoms with Crippen LogP contribution >= 0.6 is 0 Å². The Morgan fingerprint density at radius 1 is 1.75 bits per heavy atom. The molecule has 0 aromatic heterocycles. The first-order chi connectivity index (χ1) is 5.43. The molecule has 3 heteroatoms. The maximum Gasteiger partial charge on any atom is 0.183 e. The van der Waals surface area contributed by atoms with Gasteiger partial charge in [-0.1, -0.05) is 6.58 Å². The van der Waals surface area contributed by atoms with E-state index < -0.39 is 5.60 Å². The van der Waals surface area contributed by atoms with Crippen LogP contribution in [0, 0.1) is 0 Å². The predicted octanol–water partition coefficient (Wildman–Crippen LogP) is 0.856. The lowest BCUT2D eigenvalue weighted by atomic mass is 9.98. The third kappa shape index (κ3) is 1.67. The van der Waals surface area contributed by atoms with Crippen LogP contribution in [0.1, 0.15) is 20.8 Å². The highest BCUT2D eigenvalue weighted by molar-refractivity contribution is 5.88. The topological polar surface area (TPSA) is 38.3 Å². The molecule has 1 N–H and O–H groups in total. The van der Waals surface area contributed by atoms with Crippen LogP contribution < -0.4 is 5.32 Å². The van der Waals surface area contributed by atoms with E-state index in [1.807, 2.05) is 20.8 Å². The van der Waals surface area contributed by atoms with E-state index >= 15 is 0 Å². The molecule has 0 aromatic rings. The summed E-state index contributed by atoms with van der Waals surface area (Å²) < 4.78 is 5.31. The van der Waals surface area contributed by atoms with Gasteiger partial charge in [0.1, 0.15) is 12.6 Å². The molecule has 0 aliphatic carbocycles. The van der Waals surface area contributed by atoms with E-state index in [4.69, 9.17) is 4.74 Å². The highest BCUT2D eigenvalue weighted by atomic mass is 16.5. The fourth-order valence-electron chi connectivity index (χ4n) is 1.31. The summed E-state index contributed by atoms with van der Waals surface area (Å²) in [6, 6.07) is -0.241. The fourth-order valence-corrected chi connectivity index (χ4v) is 1.31. The second kappa shape index (κ2) is 2.90. The molecule has 3 nitrogen and oxygen atoms in total. The molecule has 0 radical (unpaired) electrons. The molecular weight excluding hydrogens is 154 g/mol. The van der Waals surface area contributed by atoms with Crippen molar-refractivity contribution in [3.8, 4) is 0 Å². The molecule has 1 unspecified atom stereocenters. The smallest absolute Gasteiger partial charge is 0.183 e. The lowest BCUT2D eigenvalue weighted by molar-refractivity contribution is -0.119. The second-order valence-corrected chi connectivity index (χ2v) is 3.72. The first kappa shape index (κ1) is 9.26. The summed E-state index contributed by atoms with van der Waals surface area (Å²) in [5.74, 6) is 0.100. The minimum Gasteiger partial charge on any atom is -0.377 e. The van der Waals surface area contributed by atoms with E-state index in [9.17, 15) is 4.79 Å². The van der Waals surface area contributed by atoms with Crippen LogP contribution in [-0.2, 0) is 9.53 Å². The minimum atomic E-state index is -0.407. The number of carbonyl (C=O) groups is 1. The molecule has 1 rings (SSSR count). The molecule has 1 fully saturated rings. The molecular formula is C9H15NO2. The second-order valence-electron chi connectivity index (χ2n) is 3.72. The van der Waals surface area contributed by atoms with Crippen molar-refractivity contribution in [1.82, 2.24) is 5.32 Å². The summed E-state index contributed by atoms with van der Waals surface area (Å²) in [7, 11) is 0. The zero-order valence-electron chi connectivity index (χ0n) is 7.81. The van der Waals surface area contributed by atoms with Gasteiger partial charge in [0.2, 0.25) is 0 Å². The summed E-state index contributed by atoms with van der Waals surface area (Å²) in [5, 5.41) is 3.01. The van der Waals surface area contributed by atoms with Crippen molar-refractivity contribution in [2.75, 3.05) is 6.61 Å². The lowest BCUT2D eigenvalue weighted by Crippen LogP contribution is -2.46. The van der Waals surface area contributed by atoms with Gasteiger partial charge in [0, 0.05) is 5.70 Å². The molecule has 1 saturated heterocycles. The van der Waals surface area contributed by atoms with Crippen molar-refractivity contribution >= 4 is 5.78 Å². The van der Waals surface area contributed by atoms with E-state index in [2.05, 4.69) is 11.9 Å². The van der Waals surface area contributed by atoms with Gasteiger partial charge in [-0.25, -0.2) is 0 Å². The number of nitrogens with one attached hydrogen (secondary N) is 1. The highest BCUT2D eigenvalue weighted by Crippen LogP contribution is 2.22. The first-order valence-electron chi connectivity index (χ1n) is 4.02. The number of hydrogen-bond donors (Lipinski definition) is 1. The Hall–Kier alpha value is -0.830. The van der Waals surface area contributed by atoms with Crippen LogP contribution in [0.2, 0.25) is 0 Å². The van der Waals surface area contributed by atoms with Crippen molar-refractivity contribution in [2.24, 2.45) is 0 Å². The Morgan fingerprint density at radius 3 is 2.67 bits per heavy atom. The van der Waals surface area contributed by atoms with Gasteiger partial charge < -0.3 is 10.1 Å². The lowest BCUT2D eigenvalue weighted by Gasteiger charge is -2.25. The van der Waals surface area contributed by atoms with E-state index in [1.165, 1.54) is 0 Å². The van der Waals surface area contributed by atoms with Crippen LogP contribution in [0.25, 0.3) is 0 Å². The van der Waals surface area contributed by atoms with Gasteiger partial charge in [-0.15, -0.1) is 0 Å². The minimum absolute atomic E-state index is 0.100. The van der Waals surface area contributed by atoms with E-state index in [0.29, 0.717) is 0 Å². The SMILES string of the molecule is C=C(C)NC1C(=O)COC1(C)C. The molecule has 0 bridgehead atoms. The average Bonchev–Trinajstić information content (AvgIpc) is 2.15. The number of ether oxygens (including phenoxy) is 1. The van der Waals surface area contributed by atoms with Gasteiger partial charge in [0.05, 0.1) is 5.60 Å². The van der Waals surface area contributed by atoms with Crippen molar-refractivity contribution in [2.45, 2.75) is 32.4 Å². The molecule has 1 heterocycles. The zero-order valence-corrected chi connectivity index (χ0v) is 7.81. The Bertz CT molecular complexity index is 221. The number of hydrogen-bond acceptors (Lipinski definition) is 3. The predicted molar refractivity (Wildman–Crippen MR) is 46.8 cm³/mol. The summed E-state index contributed by atoms with van der Waals surface area (Å²) >= 11 is 0. The Balaban J connectivity index is 2.71. The molecule has 0 spiro atoms. The monoisotopic (exact) mass is 169 g/mol. The standard InChI is InChI=1S/C9H15NO2/c1-6(2)10-8-7(11)5-12-9(8,3)4/h8,10H,1,5H2,2-4H3. The van der Waals surface area contributed by atoms with Crippen LogP contribution in [0.3, 0.4) is 0 Å². The third-order valence-corrected chi connectivity index (χ3v) is 1.99. The van der Waals surface area contributed by atoms with Crippen LogP contribution in [0.15, 0.2) is 12.3 Å². The normalized spacial score (nSPS) is 27.2. The van der Waals surface area contributed by atoms with Gasteiger partial charge in [-0.2, -0.15) is 0 Å². The van der Waals surface area contributed by atoms with E-state index in [1.54, 1.807) is 0 Å². The number of carbonyl (C=O) groups excluding carboxylic acids is 1. The summed E-state index contributed by atoms with van der Waals surface area (Å²) in [4.78, 5) is 11.3. The Morgan fingerprint density at radius 2 is 2.33 bits per heavy atom. The average molecular weight is 169 g/mol. The maximum atomic E-state index is 11.3. The van der Waals surface area contributed by atoms with Gasteiger partial charge in [-0.05, 0) is 20.8 Å². The Labute approximate surface area is 72.8 Å². The van der Waals surface area contributed by atoms with E-state index in [0.717, 1.165) is 5.70 Å². The van der Waals surface area contributed by atoms with E-state index in [-0.39, 0.29) is 18.4 Å². The molecule has 1 aliphatic heterocycles. The highest BCUT2D eigenvalue weighted by Gasteiger charge is 2.42. The van der Waals surface area contributed by atoms with Crippen LogP contribution in [0.5, 0.6) is 0 Å². The molecule has 12 heavy (non-hydrogen) atoms. The number of Topliss-reactive ketones (excluding diaryl/α,β-unsaturated/α-hetero) is 1. The first-order valence-corrected chi connectivity index (χ1v) is 4.02. The number of allylic oxidation sites excluding steroid dienone is 1. The summed E-state index contributed by atoms with van der Waals surface area (Å²) in [5.41, 5.74) is 0.391. The van der Waals surface area contributed by atoms with Gasteiger partial charge in [-0.3, -0.25) is 4.79 Å². The van der Waals surface area contributed by atoms with Crippen LogP contribution in [0.4, 0.5) is 0 Å². The largest absolute Gasteiger partial charge is 0.377 e. The van der Waals surface area contributed by atoms with Crippen molar-refractivity contribution in [3.63, 3.8) is 0 Å². The van der Waals surface area contributed by atoms with Crippen molar-refractivity contribution in [3.05, 3.63) is 12.3 Å². The van der Waals surface area contributed by atoms with Gasteiger partial charge in [0.15, 0.2) is 5.78 Å². The van der Waals surface area contributed by atoms with Crippen molar-refractivity contribution in [1.29, 1.82) is 0 Å². The molecule has 0 amide bonds. The Kier molecular flexibility index (Phi) is 2.24. The van der Waals surface area contributed by atoms with Crippen molar-refractivity contribution < 1.29 is 9.53 Å². The van der Waals surface area contributed by atoms with Crippen LogP contribution in [-0.4, -0.2) is 24.0 Å². The quantitative estimate of drug-likeness (QED) is 0.666. The molecule has 68 valence electrons. The molecule has 1 aliphatic rings. The number of rotatable bonds is 2. The summed E-state index contributed by atoms with van der Waals surface area (Å²) in [6.07, 6.45) is 0. The van der Waals surface area contributed by atoms with Gasteiger partial charge >= 0.3 is 0 Å². The molecule has 0 aromatic carbocycles. The number of ketones is 1. The zero-order chi connectivity index (χ0) is 9.35. The maximum absolute atomic E-state index is 11.3. The fraction of sp³-hybridized carbons (Fsp3) is 0.667.